The van der Waals surface area contributed by atoms with E-state index in [0.29, 0.717) is 16.7 Å². The summed E-state index contributed by atoms with van der Waals surface area (Å²) in [4.78, 5) is 25.4. The zero-order chi connectivity index (χ0) is 15.9. The fraction of sp³-hybridized carbons (Fsp3) is 0.500. The lowest BCUT2D eigenvalue weighted by molar-refractivity contribution is -0.121. The van der Waals surface area contributed by atoms with Crippen LogP contribution in [-0.4, -0.2) is 48.4 Å². The average Bonchev–Trinajstić information content (AvgIpc) is 3.06. The summed E-state index contributed by atoms with van der Waals surface area (Å²) in [5, 5.41) is 2.78. The van der Waals surface area contributed by atoms with Crippen molar-refractivity contribution in [2.45, 2.75) is 17.9 Å². The van der Waals surface area contributed by atoms with Crippen LogP contribution in [0.1, 0.15) is 33.8 Å². The molecule has 1 N–H and O–H groups in total. The Balaban J connectivity index is 1.92. The Labute approximate surface area is 140 Å². The van der Waals surface area contributed by atoms with Gasteiger partial charge in [-0.3, -0.25) is 9.59 Å². The second-order valence-electron chi connectivity index (χ2n) is 5.21. The third kappa shape index (κ3) is 4.68. The minimum absolute atomic E-state index is 0.0922. The monoisotopic (exact) mass is 338 g/mol. The van der Waals surface area contributed by atoms with Crippen molar-refractivity contribution < 1.29 is 9.59 Å². The Hall–Kier alpha value is -1.14. The molecule has 1 aliphatic rings. The van der Waals surface area contributed by atoms with E-state index in [1.54, 1.807) is 7.05 Å². The molecule has 0 aliphatic carbocycles. The number of hydrogen-bond acceptors (Lipinski definition) is 4. The number of nitrogens with one attached hydrogen (secondary N) is 1. The number of benzene rings is 1. The summed E-state index contributed by atoms with van der Waals surface area (Å²) in [5.74, 6) is 2.13. The third-order valence-corrected chi connectivity index (χ3v) is 6.46. The van der Waals surface area contributed by atoms with E-state index in [0.717, 1.165) is 6.42 Å². The van der Waals surface area contributed by atoms with Gasteiger partial charge in [0.05, 0.1) is 11.1 Å². The number of nitrogens with zero attached hydrogens (tertiary/aromatic N) is 1. The Kier molecular flexibility index (Phi) is 6.64. The van der Waals surface area contributed by atoms with Crippen molar-refractivity contribution in [1.29, 1.82) is 0 Å². The second kappa shape index (κ2) is 8.48. The Bertz CT molecular complexity index is 513. The molecule has 2 amide bonds. The van der Waals surface area contributed by atoms with Gasteiger partial charge in [-0.05, 0) is 24.1 Å². The molecule has 0 radical (unpaired) electrons. The highest BCUT2D eigenvalue weighted by Gasteiger charge is 2.19. The van der Waals surface area contributed by atoms with Crippen LogP contribution in [0.15, 0.2) is 24.3 Å². The number of amides is 2. The summed E-state index contributed by atoms with van der Waals surface area (Å²) >= 11 is 3.89. The van der Waals surface area contributed by atoms with Gasteiger partial charge in [0.15, 0.2) is 0 Å². The van der Waals surface area contributed by atoms with Gasteiger partial charge in [0, 0.05) is 30.7 Å². The molecule has 1 aromatic rings. The summed E-state index contributed by atoms with van der Waals surface area (Å²) < 4.78 is 0.488. The highest BCUT2D eigenvalue weighted by molar-refractivity contribution is 8.19. The molecule has 0 aromatic heterocycles. The van der Waals surface area contributed by atoms with Gasteiger partial charge in [-0.25, -0.2) is 0 Å². The largest absolute Gasteiger partial charge is 0.355 e. The lowest BCUT2D eigenvalue weighted by Gasteiger charge is -2.17. The van der Waals surface area contributed by atoms with Crippen LogP contribution in [0.4, 0.5) is 0 Å². The second-order valence-corrected chi connectivity index (χ2v) is 7.93. The summed E-state index contributed by atoms with van der Waals surface area (Å²) in [5.41, 5.74) is 1.88. The van der Waals surface area contributed by atoms with Gasteiger partial charge in [0.2, 0.25) is 5.91 Å². The molecule has 1 saturated heterocycles. The van der Waals surface area contributed by atoms with Crippen molar-refractivity contribution >= 4 is 35.3 Å². The average molecular weight is 338 g/mol. The molecule has 0 spiro atoms. The van der Waals surface area contributed by atoms with E-state index in [4.69, 9.17) is 0 Å². The quantitative estimate of drug-likeness (QED) is 0.866. The van der Waals surface area contributed by atoms with E-state index < -0.39 is 0 Å². The fourth-order valence-corrected chi connectivity index (χ4v) is 5.02. The van der Waals surface area contributed by atoms with Gasteiger partial charge in [0.25, 0.3) is 5.91 Å². The standard InChI is InChI=1S/C16H22N2O2S2/c1-3-8-17-14(19)11-18(2)15(20)12-4-6-13(7-5-12)16-21-9-10-22-16/h4-7,16H,3,8-11H2,1-2H3,(H,17,19). The van der Waals surface area contributed by atoms with Crippen molar-refractivity contribution in [1.82, 2.24) is 10.2 Å². The zero-order valence-corrected chi connectivity index (χ0v) is 14.6. The van der Waals surface area contributed by atoms with E-state index in [9.17, 15) is 9.59 Å². The number of carbonyl (C=O) groups is 2. The van der Waals surface area contributed by atoms with Crippen LogP contribution >= 0.6 is 23.5 Å². The predicted molar refractivity (Wildman–Crippen MR) is 94.4 cm³/mol. The molecule has 22 heavy (non-hydrogen) atoms. The maximum absolute atomic E-state index is 12.3. The van der Waals surface area contributed by atoms with Gasteiger partial charge < -0.3 is 10.2 Å². The topological polar surface area (TPSA) is 49.4 Å². The molecule has 0 atom stereocenters. The third-order valence-electron chi connectivity index (χ3n) is 3.35. The molecule has 2 rings (SSSR count). The summed E-state index contributed by atoms with van der Waals surface area (Å²) in [6.07, 6.45) is 0.891. The summed E-state index contributed by atoms with van der Waals surface area (Å²) in [7, 11) is 1.66. The lowest BCUT2D eigenvalue weighted by Crippen LogP contribution is -2.38. The molecule has 1 heterocycles. The minimum atomic E-state index is -0.120. The van der Waals surface area contributed by atoms with Crippen LogP contribution < -0.4 is 5.32 Å². The van der Waals surface area contributed by atoms with Crippen LogP contribution in [0.5, 0.6) is 0 Å². The van der Waals surface area contributed by atoms with Gasteiger partial charge in [-0.1, -0.05) is 19.1 Å². The maximum atomic E-state index is 12.3. The molecule has 0 bridgehead atoms. The zero-order valence-electron chi connectivity index (χ0n) is 13.0. The van der Waals surface area contributed by atoms with Crippen LogP contribution in [-0.2, 0) is 4.79 Å². The molecule has 1 aliphatic heterocycles. The highest BCUT2D eigenvalue weighted by atomic mass is 32.2. The summed E-state index contributed by atoms with van der Waals surface area (Å²) in [6.45, 7) is 2.73. The van der Waals surface area contributed by atoms with Crippen molar-refractivity contribution in [3.8, 4) is 0 Å². The van der Waals surface area contributed by atoms with Gasteiger partial charge in [-0.2, -0.15) is 0 Å². The maximum Gasteiger partial charge on any atom is 0.254 e. The van der Waals surface area contributed by atoms with Gasteiger partial charge >= 0.3 is 0 Å². The lowest BCUT2D eigenvalue weighted by atomic mass is 10.1. The number of carbonyl (C=O) groups excluding carboxylic acids is 2. The fourth-order valence-electron chi connectivity index (χ4n) is 2.16. The van der Waals surface area contributed by atoms with Crippen molar-refractivity contribution in [3.63, 3.8) is 0 Å². The van der Waals surface area contributed by atoms with Crippen LogP contribution in [0, 0.1) is 0 Å². The molecular formula is C16H22N2O2S2. The number of hydrogen-bond donors (Lipinski definition) is 1. The summed E-state index contributed by atoms with van der Waals surface area (Å²) in [6, 6.07) is 7.76. The molecule has 120 valence electrons. The van der Waals surface area contributed by atoms with E-state index in [1.165, 1.54) is 22.0 Å². The minimum Gasteiger partial charge on any atom is -0.355 e. The molecule has 1 fully saturated rings. The number of likely N-dealkylation sites (N-methyl/N-ethyl adjacent to an activating group) is 1. The Morgan fingerprint density at radius 2 is 1.86 bits per heavy atom. The molecule has 4 nitrogen and oxygen atoms in total. The molecule has 0 unspecified atom stereocenters. The van der Waals surface area contributed by atoms with E-state index in [2.05, 4.69) is 5.32 Å². The predicted octanol–water partition coefficient (Wildman–Crippen LogP) is 2.76. The van der Waals surface area contributed by atoms with Gasteiger partial charge in [0.1, 0.15) is 0 Å². The van der Waals surface area contributed by atoms with E-state index in [1.807, 2.05) is 54.7 Å². The first-order chi connectivity index (χ1) is 10.6. The smallest absolute Gasteiger partial charge is 0.254 e. The first-order valence-electron chi connectivity index (χ1n) is 7.47. The van der Waals surface area contributed by atoms with Crippen LogP contribution in [0.2, 0.25) is 0 Å². The first-order valence-corrected chi connectivity index (χ1v) is 9.57. The normalized spacial score (nSPS) is 14.8. The number of thioether (sulfide) groups is 2. The Morgan fingerprint density at radius 3 is 2.45 bits per heavy atom. The van der Waals surface area contributed by atoms with Gasteiger partial charge in [-0.15, -0.1) is 23.5 Å². The molecular weight excluding hydrogens is 316 g/mol. The van der Waals surface area contributed by atoms with Crippen LogP contribution in [0.25, 0.3) is 0 Å². The molecule has 6 heteroatoms. The van der Waals surface area contributed by atoms with E-state index >= 15 is 0 Å². The van der Waals surface area contributed by atoms with Crippen LogP contribution in [0.3, 0.4) is 0 Å². The van der Waals surface area contributed by atoms with Crippen molar-refractivity contribution in [2.75, 3.05) is 31.6 Å². The Morgan fingerprint density at radius 1 is 1.23 bits per heavy atom. The SMILES string of the molecule is CCCNC(=O)CN(C)C(=O)c1ccc(C2SCCS2)cc1. The molecule has 1 aromatic carbocycles. The number of rotatable bonds is 6. The van der Waals surface area contributed by atoms with Crippen molar-refractivity contribution in [3.05, 3.63) is 35.4 Å². The van der Waals surface area contributed by atoms with Crippen molar-refractivity contribution in [2.24, 2.45) is 0 Å². The highest BCUT2D eigenvalue weighted by Crippen LogP contribution is 2.45. The molecule has 0 saturated carbocycles. The van der Waals surface area contributed by atoms with E-state index in [-0.39, 0.29) is 18.4 Å². The first kappa shape index (κ1) is 17.2.